The number of halogens is 3. The Labute approximate surface area is 297 Å². The minimum Gasteiger partial charge on any atom is -0.484 e. The molecular weight excluding hydrogens is 703 g/mol. The van der Waals surface area contributed by atoms with Gasteiger partial charge in [-0.05, 0) is 54.1 Å². The first kappa shape index (κ1) is 36.2. The lowest BCUT2D eigenvalue weighted by Gasteiger charge is -2.34. The lowest BCUT2D eigenvalue weighted by molar-refractivity contribution is -0.153. The van der Waals surface area contributed by atoms with Crippen LogP contribution >= 0.6 is 0 Å². The highest BCUT2D eigenvalue weighted by atomic mass is 32.2. The number of sulfonamides is 1. The van der Waals surface area contributed by atoms with Gasteiger partial charge >= 0.3 is 12.1 Å². The SMILES string of the molecule is COC(=O)c1ccccc1S(=O)(=O)Nc1ccc(Oc2ccc3cc(C(=O)N4CCN(Cc5ccc(OCC(F)(F)F)cc5)CC4)n(C)c3c2)nc1. The number of benzene rings is 3. The zero-order valence-corrected chi connectivity index (χ0v) is 28.9. The van der Waals surface area contributed by atoms with E-state index in [1.54, 1.807) is 40.8 Å². The number of carbonyl (C=O) groups is 2. The number of nitrogens with one attached hydrogen (secondary N) is 1. The van der Waals surface area contributed by atoms with E-state index in [0.717, 1.165) is 16.5 Å². The molecule has 1 amide bonds. The zero-order chi connectivity index (χ0) is 37.0. The van der Waals surface area contributed by atoms with Crippen molar-refractivity contribution in [1.82, 2.24) is 19.4 Å². The van der Waals surface area contributed by atoms with Gasteiger partial charge in [0.15, 0.2) is 6.61 Å². The van der Waals surface area contributed by atoms with E-state index in [4.69, 9.17) is 14.2 Å². The lowest BCUT2D eigenvalue weighted by atomic mass is 10.2. The maximum atomic E-state index is 13.6. The molecule has 1 fully saturated rings. The number of amides is 1. The predicted molar refractivity (Wildman–Crippen MR) is 185 cm³/mol. The fraction of sp³-hybridized carbons (Fsp3) is 0.250. The van der Waals surface area contributed by atoms with E-state index < -0.39 is 28.8 Å². The number of anilines is 1. The molecule has 1 aliphatic heterocycles. The predicted octanol–water partition coefficient (Wildman–Crippen LogP) is 5.85. The van der Waals surface area contributed by atoms with Crippen LogP contribution in [0.4, 0.5) is 18.9 Å². The standard InChI is InChI=1S/C36H34F3N5O7S/c1-42-30-20-28(51-33-14-10-26(21-40-33)41-52(47,48)32-6-4-3-5-29(32)35(46)49-2)13-9-25(30)19-31(42)34(45)44-17-15-43(16-18-44)22-24-7-11-27(12-8-24)50-23-36(37,38)39/h3-14,19-21,41H,15-18,22-23H2,1-2H3. The monoisotopic (exact) mass is 737 g/mol. The summed E-state index contributed by atoms with van der Waals surface area (Å²) >= 11 is 0. The van der Waals surface area contributed by atoms with Crippen molar-refractivity contribution in [3.8, 4) is 17.4 Å². The third-order valence-corrected chi connectivity index (χ3v) is 9.86. The Morgan fingerprint density at radius 2 is 1.62 bits per heavy atom. The number of aryl methyl sites for hydroxylation is 1. The molecular formula is C36H34F3N5O7S. The van der Waals surface area contributed by atoms with Gasteiger partial charge in [-0.15, -0.1) is 0 Å². The Morgan fingerprint density at radius 3 is 2.29 bits per heavy atom. The Morgan fingerprint density at radius 1 is 0.904 bits per heavy atom. The molecule has 3 heterocycles. The van der Waals surface area contributed by atoms with Gasteiger partial charge in [0.05, 0.1) is 30.1 Å². The fourth-order valence-corrected chi connectivity index (χ4v) is 7.02. The van der Waals surface area contributed by atoms with Gasteiger partial charge < -0.3 is 23.7 Å². The van der Waals surface area contributed by atoms with E-state index in [-0.39, 0.29) is 33.7 Å². The number of piperazine rings is 1. The van der Waals surface area contributed by atoms with Crippen molar-refractivity contribution < 1.29 is 45.4 Å². The highest BCUT2D eigenvalue weighted by Gasteiger charge is 2.29. The first-order chi connectivity index (χ1) is 24.8. The first-order valence-corrected chi connectivity index (χ1v) is 17.5. The van der Waals surface area contributed by atoms with Crippen LogP contribution in [-0.4, -0.2) is 85.7 Å². The number of esters is 1. The number of nitrogens with zero attached hydrogens (tertiary/aromatic N) is 4. The van der Waals surface area contributed by atoms with Crippen LogP contribution in [0, 0.1) is 0 Å². The van der Waals surface area contributed by atoms with Crippen LogP contribution in [0.1, 0.15) is 26.4 Å². The summed E-state index contributed by atoms with van der Waals surface area (Å²) in [7, 11) is -1.17. The van der Waals surface area contributed by atoms with Crippen LogP contribution < -0.4 is 14.2 Å². The number of hydrogen-bond acceptors (Lipinski definition) is 9. The van der Waals surface area contributed by atoms with Gasteiger partial charge in [0, 0.05) is 57.3 Å². The maximum Gasteiger partial charge on any atom is 0.422 e. The maximum absolute atomic E-state index is 13.6. The molecule has 12 nitrogen and oxygen atoms in total. The number of ether oxygens (including phenoxy) is 3. The smallest absolute Gasteiger partial charge is 0.422 e. The second kappa shape index (κ2) is 14.9. The summed E-state index contributed by atoms with van der Waals surface area (Å²) in [6, 6.07) is 22.4. The number of methoxy groups -OCH3 is 1. The molecule has 0 spiro atoms. The average molecular weight is 738 g/mol. The molecule has 0 bridgehead atoms. The highest BCUT2D eigenvalue weighted by molar-refractivity contribution is 7.92. The van der Waals surface area contributed by atoms with Crippen molar-refractivity contribution in [2.75, 3.05) is 44.6 Å². The van der Waals surface area contributed by atoms with Crippen LogP contribution in [0.3, 0.4) is 0 Å². The Balaban J connectivity index is 1.05. The summed E-state index contributed by atoms with van der Waals surface area (Å²) in [5, 5.41) is 0.837. The zero-order valence-electron chi connectivity index (χ0n) is 28.1. The quantitative estimate of drug-likeness (QED) is 0.166. The molecule has 1 N–H and O–H groups in total. The molecule has 0 aliphatic carbocycles. The van der Waals surface area contributed by atoms with Crippen molar-refractivity contribution in [2.24, 2.45) is 7.05 Å². The van der Waals surface area contributed by atoms with E-state index in [0.29, 0.717) is 44.2 Å². The largest absolute Gasteiger partial charge is 0.484 e. The van der Waals surface area contributed by atoms with Crippen molar-refractivity contribution in [1.29, 1.82) is 0 Å². The molecule has 3 aromatic carbocycles. The van der Waals surface area contributed by atoms with E-state index >= 15 is 0 Å². The Hall–Kier alpha value is -5.61. The topological polar surface area (TPSA) is 132 Å². The van der Waals surface area contributed by atoms with Gasteiger partial charge in [0.25, 0.3) is 15.9 Å². The van der Waals surface area contributed by atoms with Gasteiger partial charge in [-0.25, -0.2) is 18.2 Å². The van der Waals surface area contributed by atoms with E-state index in [9.17, 15) is 31.2 Å². The second-order valence-corrected chi connectivity index (χ2v) is 13.7. The van der Waals surface area contributed by atoms with Crippen molar-refractivity contribution in [2.45, 2.75) is 17.6 Å². The van der Waals surface area contributed by atoms with Crippen LogP contribution in [0.25, 0.3) is 10.9 Å². The number of rotatable bonds is 11. The van der Waals surface area contributed by atoms with E-state index in [1.807, 2.05) is 12.1 Å². The third-order valence-electron chi connectivity index (χ3n) is 8.42. The lowest BCUT2D eigenvalue weighted by Crippen LogP contribution is -2.48. The van der Waals surface area contributed by atoms with Crippen LogP contribution in [-0.2, 0) is 28.4 Å². The van der Waals surface area contributed by atoms with Crippen molar-refractivity contribution in [3.05, 3.63) is 108 Å². The molecule has 0 unspecified atom stereocenters. The van der Waals surface area contributed by atoms with Crippen molar-refractivity contribution >= 4 is 38.5 Å². The minimum atomic E-state index is -4.40. The van der Waals surface area contributed by atoms with Gasteiger partial charge in [0.2, 0.25) is 5.88 Å². The molecule has 1 aliphatic rings. The minimum absolute atomic E-state index is 0.102. The summed E-state index contributed by atoms with van der Waals surface area (Å²) in [5.41, 5.74) is 2.26. The van der Waals surface area contributed by atoms with Crippen LogP contribution in [0.5, 0.6) is 17.4 Å². The molecule has 272 valence electrons. The molecule has 0 radical (unpaired) electrons. The number of hydrogen-bond donors (Lipinski definition) is 1. The number of aromatic nitrogens is 2. The molecule has 16 heteroatoms. The van der Waals surface area contributed by atoms with Gasteiger partial charge in [-0.1, -0.05) is 24.3 Å². The number of carbonyl (C=O) groups excluding carboxylic acids is 2. The molecule has 0 saturated carbocycles. The highest BCUT2D eigenvalue weighted by Crippen LogP contribution is 2.29. The van der Waals surface area contributed by atoms with Crippen LogP contribution in [0.2, 0.25) is 0 Å². The van der Waals surface area contributed by atoms with E-state index in [2.05, 4.69) is 14.6 Å². The van der Waals surface area contributed by atoms with Gasteiger partial charge in [-0.3, -0.25) is 14.4 Å². The van der Waals surface area contributed by atoms with Crippen LogP contribution in [0.15, 0.2) is 96.0 Å². The summed E-state index contributed by atoms with van der Waals surface area (Å²) in [6.45, 7) is 1.54. The number of pyridine rings is 1. The molecule has 6 rings (SSSR count). The normalized spacial score (nSPS) is 13.9. The Kier molecular flexibility index (Phi) is 10.4. The number of alkyl halides is 3. The fourth-order valence-electron chi connectivity index (χ4n) is 5.78. The summed E-state index contributed by atoms with van der Waals surface area (Å²) in [6.07, 6.45) is -3.11. The molecule has 52 heavy (non-hydrogen) atoms. The number of fused-ring (bicyclic) bond motifs is 1. The molecule has 0 atom stereocenters. The third kappa shape index (κ3) is 8.46. The van der Waals surface area contributed by atoms with E-state index in [1.165, 1.54) is 61.8 Å². The average Bonchev–Trinajstić information content (AvgIpc) is 3.46. The summed E-state index contributed by atoms with van der Waals surface area (Å²) in [4.78, 5) is 33.6. The second-order valence-electron chi connectivity index (χ2n) is 12.0. The summed E-state index contributed by atoms with van der Waals surface area (Å²) in [5.74, 6) is -0.0845. The molecule has 1 saturated heterocycles. The molecule has 5 aromatic rings. The Bertz CT molecular complexity index is 2180. The van der Waals surface area contributed by atoms with Gasteiger partial charge in [0.1, 0.15) is 22.1 Å². The van der Waals surface area contributed by atoms with Gasteiger partial charge in [-0.2, -0.15) is 13.2 Å². The van der Waals surface area contributed by atoms with Crippen molar-refractivity contribution in [3.63, 3.8) is 0 Å². The molecule has 2 aromatic heterocycles. The summed E-state index contributed by atoms with van der Waals surface area (Å²) < 4.78 is 82.9. The first-order valence-electron chi connectivity index (χ1n) is 16.0.